The highest BCUT2D eigenvalue weighted by atomic mass is 35.5. The fourth-order valence-corrected chi connectivity index (χ4v) is 5.05. The minimum atomic E-state index is -0.0179. The Morgan fingerprint density at radius 2 is 1.77 bits per heavy atom. The number of halogens is 1. The number of nitrogens with zero attached hydrogens (tertiary/aromatic N) is 3. The van der Waals surface area contributed by atoms with Gasteiger partial charge in [-0.25, -0.2) is 0 Å². The van der Waals surface area contributed by atoms with Gasteiger partial charge in [-0.3, -0.25) is 19.5 Å². The first-order valence-electron chi connectivity index (χ1n) is 12.1. The van der Waals surface area contributed by atoms with Crippen molar-refractivity contribution in [3.63, 3.8) is 0 Å². The van der Waals surface area contributed by atoms with Crippen molar-refractivity contribution in [3.05, 3.63) is 88.7 Å². The predicted octanol–water partition coefficient (Wildman–Crippen LogP) is 4.95. The number of piperidine rings is 1. The van der Waals surface area contributed by atoms with Gasteiger partial charge in [-0.2, -0.15) is 0 Å². The summed E-state index contributed by atoms with van der Waals surface area (Å²) in [6, 6.07) is 19.3. The number of benzene rings is 2. The zero-order valence-electron chi connectivity index (χ0n) is 19.8. The molecule has 0 atom stereocenters. The van der Waals surface area contributed by atoms with E-state index in [9.17, 15) is 9.59 Å². The number of hydrogen-bond acceptors (Lipinski definition) is 4. The highest BCUT2D eigenvalue weighted by Gasteiger charge is 2.32. The standard InChI is InChI=1S/C28H29ClN4O2/c1-19-26(6-3-13-31-19)33(28(35)23-17-30-18-23)25-9-7-20(8-10-25)21-11-14-32(15-12-21)27(34)22-4-2-5-24(29)16-22/h2-10,13,16,21,23,30H,11-12,14-15,17-18H2,1H3. The molecule has 180 valence electrons. The van der Waals surface area contributed by atoms with E-state index in [2.05, 4.69) is 22.4 Å². The molecule has 5 rings (SSSR count). The summed E-state index contributed by atoms with van der Waals surface area (Å²) in [7, 11) is 0. The number of likely N-dealkylation sites (tertiary alicyclic amines) is 1. The van der Waals surface area contributed by atoms with Crippen LogP contribution in [0.3, 0.4) is 0 Å². The molecule has 2 fully saturated rings. The molecule has 0 saturated carbocycles. The lowest BCUT2D eigenvalue weighted by molar-refractivity contribution is -0.123. The first-order valence-corrected chi connectivity index (χ1v) is 12.5. The molecule has 2 aromatic carbocycles. The average Bonchev–Trinajstić information content (AvgIpc) is 2.84. The minimum Gasteiger partial charge on any atom is -0.339 e. The molecule has 0 aliphatic carbocycles. The van der Waals surface area contributed by atoms with Crippen LogP contribution in [0.5, 0.6) is 0 Å². The summed E-state index contributed by atoms with van der Waals surface area (Å²) >= 11 is 6.06. The molecule has 0 bridgehead atoms. The first-order chi connectivity index (χ1) is 17.0. The second-order valence-electron chi connectivity index (χ2n) is 9.31. The molecule has 0 radical (unpaired) electrons. The molecular formula is C28H29ClN4O2. The molecular weight excluding hydrogens is 460 g/mol. The van der Waals surface area contributed by atoms with E-state index in [1.807, 2.05) is 53.1 Å². The number of carbonyl (C=O) groups is 2. The Kier molecular flexibility index (Phi) is 6.84. The molecule has 6 nitrogen and oxygen atoms in total. The summed E-state index contributed by atoms with van der Waals surface area (Å²) in [5, 5.41) is 3.77. The van der Waals surface area contributed by atoms with Gasteiger partial charge in [0.1, 0.15) is 0 Å². The second kappa shape index (κ2) is 10.2. The summed E-state index contributed by atoms with van der Waals surface area (Å²) in [6.07, 6.45) is 3.56. The van der Waals surface area contributed by atoms with Crippen LogP contribution in [0.15, 0.2) is 66.9 Å². The fraction of sp³-hybridized carbons (Fsp3) is 0.321. The number of rotatable bonds is 5. The van der Waals surface area contributed by atoms with Gasteiger partial charge in [0.05, 0.1) is 17.3 Å². The van der Waals surface area contributed by atoms with Crippen LogP contribution in [-0.2, 0) is 4.79 Å². The van der Waals surface area contributed by atoms with Gasteiger partial charge in [0.15, 0.2) is 0 Å². The third-order valence-corrected chi connectivity index (χ3v) is 7.28. The van der Waals surface area contributed by atoms with Gasteiger partial charge in [-0.1, -0.05) is 29.8 Å². The third-order valence-electron chi connectivity index (χ3n) is 7.05. The number of anilines is 2. The van der Waals surface area contributed by atoms with Crippen LogP contribution in [0.25, 0.3) is 0 Å². The molecule has 3 aromatic rings. The Morgan fingerprint density at radius 3 is 2.40 bits per heavy atom. The van der Waals surface area contributed by atoms with Gasteiger partial charge in [0.25, 0.3) is 5.91 Å². The maximum absolute atomic E-state index is 13.3. The van der Waals surface area contributed by atoms with E-state index in [4.69, 9.17) is 11.6 Å². The van der Waals surface area contributed by atoms with E-state index < -0.39 is 0 Å². The number of aryl methyl sites for hydroxylation is 1. The number of carbonyl (C=O) groups excluding carboxylic acids is 2. The Balaban J connectivity index is 1.29. The topological polar surface area (TPSA) is 65.5 Å². The largest absolute Gasteiger partial charge is 0.339 e. The Labute approximate surface area is 210 Å². The van der Waals surface area contributed by atoms with Crippen molar-refractivity contribution in [2.75, 3.05) is 31.1 Å². The molecule has 35 heavy (non-hydrogen) atoms. The molecule has 3 heterocycles. The van der Waals surface area contributed by atoms with E-state index in [0.717, 1.165) is 29.9 Å². The van der Waals surface area contributed by atoms with Crippen LogP contribution < -0.4 is 10.2 Å². The van der Waals surface area contributed by atoms with Crippen molar-refractivity contribution in [2.24, 2.45) is 5.92 Å². The fourth-order valence-electron chi connectivity index (χ4n) is 4.86. The maximum Gasteiger partial charge on any atom is 0.253 e. The van der Waals surface area contributed by atoms with Crippen LogP contribution >= 0.6 is 11.6 Å². The van der Waals surface area contributed by atoms with Crippen molar-refractivity contribution < 1.29 is 9.59 Å². The minimum absolute atomic E-state index is 0.0179. The second-order valence-corrected chi connectivity index (χ2v) is 9.74. The quantitative estimate of drug-likeness (QED) is 0.552. The van der Waals surface area contributed by atoms with Gasteiger partial charge >= 0.3 is 0 Å². The molecule has 0 unspecified atom stereocenters. The number of amides is 2. The van der Waals surface area contributed by atoms with Crippen molar-refractivity contribution in [1.82, 2.24) is 15.2 Å². The zero-order valence-corrected chi connectivity index (χ0v) is 20.5. The van der Waals surface area contributed by atoms with Gasteiger partial charge in [-0.15, -0.1) is 0 Å². The van der Waals surface area contributed by atoms with Gasteiger partial charge in [0.2, 0.25) is 5.91 Å². The monoisotopic (exact) mass is 488 g/mol. The smallest absolute Gasteiger partial charge is 0.253 e. The lowest BCUT2D eigenvalue weighted by Crippen LogP contribution is -2.51. The lowest BCUT2D eigenvalue weighted by Gasteiger charge is -2.34. The molecule has 7 heteroatoms. The summed E-state index contributed by atoms with van der Waals surface area (Å²) in [6.45, 7) is 4.78. The van der Waals surface area contributed by atoms with Crippen LogP contribution in [0.2, 0.25) is 5.02 Å². The van der Waals surface area contributed by atoms with E-state index in [1.54, 1.807) is 18.3 Å². The molecule has 1 N–H and O–H groups in total. The number of hydrogen-bond donors (Lipinski definition) is 1. The van der Waals surface area contributed by atoms with Crippen molar-refractivity contribution >= 4 is 34.8 Å². The van der Waals surface area contributed by atoms with E-state index in [-0.39, 0.29) is 17.7 Å². The van der Waals surface area contributed by atoms with E-state index in [1.165, 1.54) is 5.56 Å². The van der Waals surface area contributed by atoms with Crippen LogP contribution in [-0.4, -0.2) is 47.9 Å². The molecule has 0 spiro atoms. The average molecular weight is 489 g/mol. The molecule has 2 amide bonds. The molecule has 2 aliphatic rings. The lowest BCUT2D eigenvalue weighted by atomic mass is 9.89. The summed E-state index contributed by atoms with van der Waals surface area (Å²) in [4.78, 5) is 34.3. The normalized spacial score (nSPS) is 16.6. The molecule has 2 aliphatic heterocycles. The van der Waals surface area contributed by atoms with E-state index in [0.29, 0.717) is 42.7 Å². The number of pyridine rings is 1. The predicted molar refractivity (Wildman–Crippen MR) is 138 cm³/mol. The number of aromatic nitrogens is 1. The van der Waals surface area contributed by atoms with Crippen LogP contribution in [0.4, 0.5) is 11.4 Å². The SMILES string of the molecule is Cc1ncccc1N(C(=O)C1CNC1)c1ccc(C2CCN(C(=O)c3cccc(Cl)c3)CC2)cc1. The Morgan fingerprint density at radius 1 is 1.03 bits per heavy atom. The van der Waals surface area contributed by atoms with Gasteiger partial charge in [-0.05, 0) is 73.7 Å². The highest BCUT2D eigenvalue weighted by molar-refractivity contribution is 6.30. The van der Waals surface area contributed by atoms with Crippen molar-refractivity contribution in [3.8, 4) is 0 Å². The maximum atomic E-state index is 13.3. The number of nitrogens with one attached hydrogen (secondary N) is 1. The van der Waals surface area contributed by atoms with Crippen LogP contribution in [0, 0.1) is 12.8 Å². The molecule has 2 saturated heterocycles. The highest BCUT2D eigenvalue weighted by Crippen LogP contribution is 2.34. The summed E-state index contributed by atoms with van der Waals surface area (Å²) < 4.78 is 0. The summed E-state index contributed by atoms with van der Waals surface area (Å²) in [5.74, 6) is 0.497. The first kappa shape index (κ1) is 23.5. The third kappa shape index (κ3) is 4.95. The Hall–Kier alpha value is -3.22. The van der Waals surface area contributed by atoms with Crippen molar-refractivity contribution in [2.45, 2.75) is 25.7 Å². The van der Waals surface area contributed by atoms with Crippen molar-refractivity contribution in [1.29, 1.82) is 0 Å². The zero-order chi connectivity index (χ0) is 24.4. The van der Waals surface area contributed by atoms with Gasteiger partial charge < -0.3 is 10.2 Å². The summed E-state index contributed by atoms with van der Waals surface area (Å²) in [5.41, 5.74) is 4.39. The Bertz CT molecular complexity index is 1220. The molecule has 1 aromatic heterocycles. The van der Waals surface area contributed by atoms with Crippen LogP contribution in [0.1, 0.15) is 40.4 Å². The van der Waals surface area contributed by atoms with Gasteiger partial charge in [0, 0.05) is 48.6 Å². The van der Waals surface area contributed by atoms with E-state index >= 15 is 0 Å².